The van der Waals surface area contributed by atoms with Crippen LogP contribution in [-0.4, -0.2) is 78.8 Å². The van der Waals surface area contributed by atoms with Crippen molar-refractivity contribution in [2.24, 2.45) is 0 Å². The summed E-state index contributed by atoms with van der Waals surface area (Å²) < 4.78 is 53.3. The molecule has 12 heteroatoms. The number of aliphatic hydroxyl groups excluding tert-OH is 1. The third-order valence-corrected chi connectivity index (χ3v) is 8.68. The third-order valence-electron chi connectivity index (χ3n) is 6.92. The van der Waals surface area contributed by atoms with E-state index in [1.54, 1.807) is 17.9 Å². The molecule has 45 heavy (non-hydrogen) atoms. The Morgan fingerprint density at radius 1 is 0.911 bits per heavy atom. The first kappa shape index (κ1) is 37.8. The van der Waals surface area contributed by atoms with Gasteiger partial charge in [0.15, 0.2) is 0 Å². The zero-order valence-corrected chi connectivity index (χ0v) is 27.8. The molecule has 0 radical (unpaired) electrons. The molecule has 0 aliphatic rings. The average Bonchev–Trinajstić information content (AvgIpc) is 2.95. The van der Waals surface area contributed by atoms with Gasteiger partial charge in [-0.2, -0.15) is 0 Å². The summed E-state index contributed by atoms with van der Waals surface area (Å²) in [6, 6.07) is 6.43. The van der Waals surface area contributed by atoms with Crippen molar-refractivity contribution < 1.29 is 31.9 Å². The quantitative estimate of drug-likeness (QED) is 0.174. The minimum Gasteiger partial charge on any atom is -0.390 e. The number of hydrogen-bond donors (Lipinski definition) is 3. The largest absolute Gasteiger partial charge is 0.390 e. The van der Waals surface area contributed by atoms with Gasteiger partial charge in [0.05, 0.1) is 17.4 Å². The van der Waals surface area contributed by atoms with Gasteiger partial charge in [-0.3, -0.25) is 9.59 Å². The van der Waals surface area contributed by atoms with E-state index in [-0.39, 0.29) is 42.1 Å². The van der Waals surface area contributed by atoms with Gasteiger partial charge >= 0.3 is 0 Å². The summed E-state index contributed by atoms with van der Waals surface area (Å²) in [5.41, 5.74) is 1.02. The summed E-state index contributed by atoms with van der Waals surface area (Å²) in [7, 11) is -3.74. The molecule has 0 heterocycles. The maximum atomic E-state index is 14.1. The molecule has 9 nitrogen and oxygen atoms in total. The molecule has 2 aromatic rings. The van der Waals surface area contributed by atoms with Crippen molar-refractivity contribution in [3.63, 3.8) is 0 Å². The summed E-state index contributed by atoms with van der Waals surface area (Å²) in [6.07, 6.45) is 0.534. The van der Waals surface area contributed by atoms with Crippen LogP contribution in [0.1, 0.15) is 92.6 Å². The number of hydrogen-bond acceptors (Lipinski definition) is 6. The predicted molar refractivity (Wildman–Crippen MR) is 172 cm³/mol. The first-order valence-electron chi connectivity index (χ1n) is 15.3. The van der Waals surface area contributed by atoms with Gasteiger partial charge in [-0.25, -0.2) is 22.2 Å². The highest BCUT2D eigenvalue weighted by Gasteiger charge is 2.28. The minimum absolute atomic E-state index is 0.111. The Morgan fingerprint density at radius 2 is 1.49 bits per heavy atom. The highest BCUT2D eigenvalue weighted by Crippen LogP contribution is 2.17. The maximum Gasteiger partial charge on any atom is 0.253 e. The van der Waals surface area contributed by atoms with Crippen molar-refractivity contribution in [3.8, 4) is 11.8 Å². The Morgan fingerprint density at radius 3 is 2.02 bits per heavy atom. The molecule has 0 saturated heterocycles. The molecule has 0 aromatic heterocycles. The predicted octanol–water partition coefficient (Wildman–Crippen LogP) is 4.26. The molecule has 0 fully saturated rings. The highest BCUT2D eigenvalue weighted by atomic mass is 32.2. The van der Waals surface area contributed by atoms with Crippen LogP contribution in [0.2, 0.25) is 0 Å². The molecule has 2 amide bonds. The first-order chi connectivity index (χ1) is 21.2. The van der Waals surface area contributed by atoms with Crippen LogP contribution in [0, 0.1) is 23.5 Å². The number of carbonyl (C=O) groups excluding carboxylic acids is 2. The van der Waals surface area contributed by atoms with Crippen LogP contribution in [0.3, 0.4) is 0 Å². The summed E-state index contributed by atoms with van der Waals surface area (Å²) in [4.78, 5) is 31.3. The molecule has 0 aliphatic heterocycles. The number of benzene rings is 2. The third kappa shape index (κ3) is 11.8. The molecule has 0 bridgehead atoms. The molecule has 2 atom stereocenters. The van der Waals surface area contributed by atoms with Gasteiger partial charge in [0.2, 0.25) is 10.0 Å². The number of carbonyl (C=O) groups is 2. The summed E-state index contributed by atoms with van der Waals surface area (Å²) in [6.45, 7) is 11.6. The Labute approximate surface area is 266 Å². The fraction of sp³-hybridized carbons (Fsp3) is 0.515. The Balaban J connectivity index is 2.49. The zero-order valence-electron chi connectivity index (χ0n) is 27.0. The fourth-order valence-electron chi connectivity index (χ4n) is 4.74. The monoisotopic (exact) mass is 648 g/mol. The Bertz CT molecular complexity index is 1450. The van der Waals surface area contributed by atoms with E-state index in [1.807, 2.05) is 20.8 Å². The van der Waals surface area contributed by atoms with Crippen LogP contribution >= 0.6 is 0 Å². The lowest BCUT2D eigenvalue weighted by Gasteiger charge is -2.30. The van der Waals surface area contributed by atoms with Crippen LogP contribution in [0.5, 0.6) is 0 Å². The molecule has 3 N–H and O–H groups in total. The van der Waals surface area contributed by atoms with Gasteiger partial charge in [0, 0.05) is 48.9 Å². The van der Waals surface area contributed by atoms with Gasteiger partial charge in [0.25, 0.3) is 11.8 Å². The van der Waals surface area contributed by atoms with Gasteiger partial charge in [-0.1, -0.05) is 26.7 Å². The molecule has 2 rings (SSSR count). The van der Waals surface area contributed by atoms with Crippen molar-refractivity contribution in [1.29, 1.82) is 0 Å². The SMILES string of the molecule is CC#Cc1cc(C(=O)NC(Cc2cc(F)cc(F)c2)C(O)CN(CCC)NS(=O)(=O)C(C)C)cc(C(=O)N(CCC)CCC)c1. The molecule has 0 saturated carbocycles. The van der Waals surface area contributed by atoms with Crippen LogP contribution in [-0.2, 0) is 16.4 Å². The molecular weight excluding hydrogens is 602 g/mol. The molecule has 0 spiro atoms. The first-order valence-corrected chi connectivity index (χ1v) is 16.9. The molecule has 2 aromatic carbocycles. The number of amides is 2. The number of sulfonamides is 1. The lowest BCUT2D eigenvalue weighted by Crippen LogP contribution is -2.54. The minimum atomic E-state index is -3.74. The van der Waals surface area contributed by atoms with Gasteiger partial charge < -0.3 is 15.3 Å². The highest BCUT2D eigenvalue weighted by molar-refractivity contribution is 7.90. The van der Waals surface area contributed by atoms with Crippen LogP contribution in [0.25, 0.3) is 0 Å². The number of aliphatic hydroxyl groups is 1. The van der Waals surface area contributed by atoms with Crippen LogP contribution < -0.4 is 10.1 Å². The number of nitrogens with one attached hydrogen (secondary N) is 2. The van der Waals surface area contributed by atoms with E-state index in [4.69, 9.17) is 0 Å². The van der Waals surface area contributed by atoms with E-state index in [9.17, 15) is 31.9 Å². The lowest BCUT2D eigenvalue weighted by molar-refractivity contribution is 0.0618. The van der Waals surface area contributed by atoms with Crippen LogP contribution in [0.15, 0.2) is 36.4 Å². The van der Waals surface area contributed by atoms with Crippen molar-refractivity contribution in [2.45, 2.75) is 84.6 Å². The van der Waals surface area contributed by atoms with Crippen molar-refractivity contribution >= 4 is 21.8 Å². The molecule has 248 valence electrons. The van der Waals surface area contributed by atoms with E-state index < -0.39 is 45.0 Å². The van der Waals surface area contributed by atoms with Gasteiger partial charge in [-0.15, -0.1) is 10.8 Å². The van der Waals surface area contributed by atoms with E-state index in [2.05, 4.69) is 22.0 Å². The smallest absolute Gasteiger partial charge is 0.253 e. The second-order valence-corrected chi connectivity index (χ2v) is 13.4. The zero-order chi connectivity index (χ0) is 33.7. The van der Waals surface area contributed by atoms with Gasteiger partial charge in [0.1, 0.15) is 11.6 Å². The average molecular weight is 649 g/mol. The maximum absolute atomic E-state index is 14.1. The second kappa shape index (κ2) is 17.9. The van der Waals surface area contributed by atoms with Gasteiger partial charge in [-0.05, 0) is 82.3 Å². The van der Waals surface area contributed by atoms with E-state index >= 15 is 0 Å². The fourth-order valence-corrected chi connectivity index (χ4v) is 5.47. The molecule has 0 aliphatic carbocycles. The standard InChI is InChI=1S/C33H46F2N4O5S/c1-7-11-24-15-26(20-27(16-24)33(42)38(12-8-2)13-9-3)32(41)36-30(19-25-17-28(34)21-29(35)18-25)31(40)22-39(14-10-4)37-45(43,44)23(5)6/h15-18,20-21,23,30-31,37,40H,8-10,12-14,19,22H2,1-6H3,(H,36,41). The molecule has 2 unspecified atom stereocenters. The van der Waals surface area contributed by atoms with Crippen LogP contribution in [0.4, 0.5) is 8.78 Å². The number of nitrogens with zero attached hydrogens (tertiary/aromatic N) is 2. The van der Waals surface area contributed by atoms with E-state index in [1.165, 1.54) is 31.0 Å². The summed E-state index contributed by atoms with van der Waals surface area (Å²) >= 11 is 0. The van der Waals surface area contributed by atoms with Crippen molar-refractivity contribution in [2.75, 3.05) is 26.2 Å². The number of halogens is 2. The van der Waals surface area contributed by atoms with E-state index in [0.29, 0.717) is 25.1 Å². The van der Waals surface area contributed by atoms with E-state index in [0.717, 1.165) is 31.0 Å². The Hall–Kier alpha value is -3.37. The summed E-state index contributed by atoms with van der Waals surface area (Å²) in [5.74, 6) is 3.14. The number of rotatable bonds is 17. The number of hydrazine groups is 1. The summed E-state index contributed by atoms with van der Waals surface area (Å²) in [5, 5.41) is 14.7. The Kier molecular flexibility index (Phi) is 15.1. The molecular formula is C33H46F2N4O5S. The normalized spacial score (nSPS) is 12.9. The lowest BCUT2D eigenvalue weighted by atomic mass is 9.99. The van der Waals surface area contributed by atoms with Crippen molar-refractivity contribution in [1.82, 2.24) is 20.1 Å². The van der Waals surface area contributed by atoms with Crippen molar-refractivity contribution in [3.05, 3.63) is 70.3 Å². The second-order valence-electron chi connectivity index (χ2n) is 11.2. The topological polar surface area (TPSA) is 119 Å².